The molecule has 1 unspecified atom stereocenters. The molecule has 0 aliphatic carbocycles. The summed E-state index contributed by atoms with van der Waals surface area (Å²) in [5.74, 6) is -0.567. The average Bonchev–Trinajstić information content (AvgIpc) is 2.76. The van der Waals surface area contributed by atoms with Crippen molar-refractivity contribution in [3.8, 4) is 5.75 Å². The number of halogens is 2. The van der Waals surface area contributed by atoms with Gasteiger partial charge in [0.2, 0.25) is 0 Å². The summed E-state index contributed by atoms with van der Waals surface area (Å²) in [6.45, 7) is 2.82. The van der Waals surface area contributed by atoms with Crippen molar-refractivity contribution < 1.29 is 13.5 Å². The molecule has 1 saturated heterocycles. The average molecular weight is 241 g/mol. The Bertz CT molecular complexity index is 402. The second-order valence-corrected chi connectivity index (χ2v) is 4.58. The van der Waals surface area contributed by atoms with Crippen molar-refractivity contribution in [3.63, 3.8) is 0 Å². The normalized spacial score (nSPS) is 25.9. The van der Waals surface area contributed by atoms with Crippen LogP contribution in [0.2, 0.25) is 0 Å². The fraction of sp³-hybridized carbons (Fsp3) is 0.538. The van der Waals surface area contributed by atoms with Crippen molar-refractivity contribution in [2.75, 3.05) is 20.2 Å². The van der Waals surface area contributed by atoms with Gasteiger partial charge < -0.3 is 10.1 Å². The molecule has 0 aromatic heterocycles. The predicted molar refractivity (Wildman–Crippen MR) is 62.7 cm³/mol. The van der Waals surface area contributed by atoms with Crippen molar-refractivity contribution >= 4 is 0 Å². The molecule has 4 heteroatoms. The molecule has 1 N–H and O–H groups in total. The van der Waals surface area contributed by atoms with E-state index < -0.39 is 11.5 Å². The van der Waals surface area contributed by atoms with Crippen molar-refractivity contribution in [2.45, 2.75) is 24.9 Å². The summed E-state index contributed by atoms with van der Waals surface area (Å²) in [6, 6.07) is 4.64. The van der Waals surface area contributed by atoms with Gasteiger partial charge in [-0.05, 0) is 30.7 Å². The lowest BCUT2D eigenvalue weighted by atomic mass is 9.84. The molecule has 0 spiro atoms. The van der Waals surface area contributed by atoms with E-state index in [1.807, 2.05) is 0 Å². The Balaban J connectivity index is 2.25. The molecule has 0 bridgehead atoms. The van der Waals surface area contributed by atoms with E-state index in [1.54, 1.807) is 19.1 Å². The number of hydrogen-bond donors (Lipinski definition) is 1. The van der Waals surface area contributed by atoms with Crippen LogP contribution in [-0.2, 0) is 0 Å². The summed E-state index contributed by atoms with van der Waals surface area (Å²) in [5, 5.41) is 3.01. The maximum atomic E-state index is 14.5. The number of benzene rings is 1. The van der Waals surface area contributed by atoms with Gasteiger partial charge in [0, 0.05) is 12.5 Å². The molecule has 2 atom stereocenters. The third kappa shape index (κ3) is 2.27. The van der Waals surface area contributed by atoms with Crippen molar-refractivity contribution in [3.05, 3.63) is 29.6 Å². The number of alkyl halides is 1. The topological polar surface area (TPSA) is 21.3 Å². The van der Waals surface area contributed by atoms with E-state index in [0.29, 0.717) is 25.1 Å². The standard InChI is InChI=1S/C13H17F2NO/c1-9(13(15)5-6-16-8-13)10-3-4-12(17-2)11(14)7-10/h3-4,7,9,16H,5-6,8H2,1-2H3/t9?,13-/m0/s1. The molecule has 1 heterocycles. The summed E-state index contributed by atoms with van der Waals surface area (Å²) >= 11 is 0. The monoisotopic (exact) mass is 241 g/mol. The molecule has 0 amide bonds. The van der Waals surface area contributed by atoms with Gasteiger partial charge in [0.25, 0.3) is 0 Å². The fourth-order valence-corrected chi connectivity index (χ4v) is 2.30. The van der Waals surface area contributed by atoms with E-state index in [-0.39, 0.29) is 11.7 Å². The third-order valence-corrected chi connectivity index (χ3v) is 3.59. The quantitative estimate of drug-likeness (QED) is 0.878. The first kappa shape index (κ1) is 12.3. The number of methoxy groups -OCH3 is 1. The smallest absolute Gasteiger partial charge is 0.165 e. The molecule has 2 rings (SSSR count). The molecule has 1 aliphatic heterocycles. The Morgan fingerprint density at radius 1 is 1.47 bits per heavy atom. The molecule has 17 heavy (non-hydrogen) atoms. The van der Waals surface area contributed by atoms with Crippen molar-refractivity contribution in [2.24, 2.45) is 0 Å². The summed E-state index contributed by atoms with van der Waals surface area (Å²) < 4.78 is 32.9. The molecule has 0 saturated carbocycles. The van der Waals surface area contributed by atoms with E-state index in [2.05, 4.69) is 5.32 Å². The first-order valence-electron chi connectivity index (χ1n) is 5.80. The van der Waals surface area contributed by atoms with Gasteiger partial charge in [0.05, 0.1) is 7.11 Å². The second-order valence-electron chi connectivity index (χ2n) is 4.58. The lowest BCUT2D eigenvalue weighted by Gasteiger charge is -2.26. The Labute approximate surface area is 100.0 Å². The van der Waals surface area contributed by atoms with Crippen LogP contribution in [0, 0.1) is 5.82 Å². The van der Waals surface area contributed by atoms with Gasteiger partial charge in [0.15, 0.2) is 11.6 Å². The molecule has 1 aliphatic rings. The van der Waals surface area contributed by atoms with Crippen LogP contribution >= 0.6 is 0 Å². The first-order valence-corrected chi connectivity index (χ1v) is 5.80. The van der Waals surface area contributed by atoms with E-state index >= 15 is 0 Å². The highest BCUT2D eigenvalue weighted by Gasteiger charge is 2.40. The summed E-state index contributed by atoms with van der Waals surface area (Å²) in [4.78, 5) is 0. The molecule has 1 aromatic carbocycles. The van der Waals surface area contributed by atoms with E-state index in [4.69, 9.17) is 4.74 Å². The number of ether oxygens (including phenoxy) is 1. The van der Waals surface area contributed by atoms with Gasteiger partial charge in [-0.15, -0.1) is 0 Å². The summed E-state index contributed by atoms with van der Waals surface area (Å²) in [5.41, 5.74) is -0.601. The van der Waals surface area contributed by atoms with Crippen LogP contribution in [0.25, 0.3) is 0 Å². The zero-order valence-electron chi connectivity index (χ0n) is 10.1. The van der Waals surface area contributed by atoms with Crippen LogP contribution < -0.4 is 10.1 Å². The van der Waals surface area contributed by atoms with Crippen LogP contribution in [0.1, 0.15) is 24.8 Å². The summed E-state index contributed by atoms with van der Waals surface area (Å²) in [7, 11) is 1.42. The zero-order chi connectivity index (χ0) is 12.5. The van der Waals surface area contributed by atoms with Crippen LogP contribution in [-0.4, -0.2) is 25.9 Å². The van der Waals surface area contributed by atoms with Gasteiger partial charge in [0.1, 0.15) is 5.67 Å². The zero-order valence-corrected chi connectivity index (χ0v) is 10.1. The maximum absolute atomic E-state index is 14.5. The Morgan fingerprint density at radius 2 is 2.24 bits per heavy atom. The minimum absolute atomic E-state index is 0.193. The van der Waals surface area contributed by atoms with Crippen LogP contribution in [0.15, 0.2) is 18.2 Å². The van der Waals surface area contributed by atoms with Gasteiger partial charge in [-0.25, -0.2) is 8.78 Å². The highest BCUT2D eigenvalue weighted by Crippen LogP contribution is 2.37. The highest BCUT2D eigenvalue weighted by atomic mass is 19.1. The Hall–Kier alpha value is -1.16. The Morgan fingerprint density at radius 3 is 2.76 bits per heavy atom. The van der Waals surface area contributed by atoms with Gasteiger partial charge >= 0.3 is 0 Å². The number of rotatable bonds is 3. The number of nitrogens with one attached hydrogen (secondary N) is 1. The minimum atomic E-state index is -1.28. The van der Waals surface area contributed by atoms with E-state index in [1.165, 1.54) is 13.2 Å². The van der Waals surface area contributed by atoms with Crippen LogP contribution in [0.3, 0.4) is 0 Å². The van der Waals surface area contributed by atoms with Crippen molar-refractivity contribution in [1.29, 1.82) is 0 Å². The third-order valence-electron chi connectivity index (χ3n) is 3.59. The molecular formula is C13H17F2NO. The van der Waals surface area contributed by atoms with Gasteiger partial charge in [-0.2, -0.15) is 0 Å². The fourth-order valence-electron chi connectivity index (χ4n) is 2.30. The first-order chi connectivity index (χ1) is 8.07. The van der Waals surface area contributed by atoms with E-state index in [0.717, 1.165) is 0 Å². The molecule has 1 fully saturated rings. The molecular weight excluding hydrogens is 224 g/mol. The molecule has 1 aromatic rings. The predicted octanol–water partition coefficient (Wildman–Crippen LogP) is 2.64. The highest BCUT2D eigenvalue weighted by molar-refractivity contribution is 5.32. The minimum Gasteiger partial charge on any atom is -0.494 e. The van der Waals surface area contributed by atoms with Gasteiger partial charge in [-0.1, -0.05) is 13.0 Å². The Kier molecular flexibility index (Phi) is 3.33. The van der Waals surface area contributed by atoms with E-state index in [9.17, 15) is 8.78 Å². The van der Waals surface area contributed by atoms with Crippen molar-refractivity contribution in [1.82, 2.24) is 5.32 Å². The molecule has 94 valence electrons. The largest absolute Gasteiger partial charge is 0.494 e. The SMILES string of the molecule is COc1ccc(C(C)[C@]2(F)CCNC2)cc1F. The maximum Gasteiger partial charge on any atom is 0.165 e. The summed E-state index contributed by atoms with van der Waals surface area (Å²) in [6.07, 6.45) is 0.474. The van der Waals surface area contributed by atoms with Gasteiger partial charge in [-0.3, -0.25) is 0 Å². The lowest BCUT2D eigenvalue weighted by Crippen LogP contribution is -2.32. The number of hydrogen-bond acceptors (Lipinski definition) is 2. The lowest BCUT2D eigenvalue weighted by molar-refractivity contribution is 0.155. The van der Waals surface area contributed by atoms with Crippen LogP contribution in [0.5, 0.6) is 5.75 Å². The molecule has 2 nitrogen and oxygen atoms in total. The second kappa shape index (κ2) is 4.61. The molecule has 0 radical (unpaired) electrons. The van der Waals surface area contributed by atoms with Crippen LogP contribution in [0.4, 0.5) is 8.78 Å².